The molecule has 64 heavy (non-hydrogen) atoms. The molecule has 0 bridgehead atoms. The van der Waals surface area contributed by atoms with Gasteiger partial charge in [0.25, 0.3) is 0 Å². The SMILES string of the molecule is CC1(C)c2ccccc2Oc2cc(-c3nc(-c4ccccc4)nc(-c4ccc(-c5ccc(-c6cccc(C7N=C(c8ccccc8)N=C(c8ccccc8)N7)c6)cc5)cc4)n3)ccc21. The number of nitrogens with zero attached hydrogens (tertiary/aromatic N) is 5. The van der Waals surface area contributed by atoms with E-state index in [0.29, 0.717) is 23.3 Å². The standard InChI is InChI=1S/C57H42N6O/c1-57(2)47-23-12-13-24-49(47)64-50-36-46(33-34-48(50)57)56-62-53(42-19-10-5-11-20-42)59-54(63-56)43-31-29-38(30-32-43)37-25-27-39(28-26-37)44-21-14-22-45(35-44)55-60-51(40-15-6-3-7-16-40)58-52(61-55)41-17-8-4-9-18-41/h3-36,55H,1-2H3,(H,58,60,61). The molecule has 2 aliphatic heterocycles. The largest absolute Gasteiger partial charge is 0.457 e. The number of amidine groups is 2. The Morgan fingerprint density at radius 2 is 0.891 bits per heavy atom. The molecule has 0 fully saturated rings. The predicted molar refractivity (Wildman–Crippen MR) is 257 cm³/mol. The lowest BCUT2D eigenvalue weighted by Crippen LogP contribution is -2.33. The highest BCUT2D eigenvalue weighted by Crippen LogP contribution is 2.48. The van der Waals surface area contributed by atoms with Crippen molar-refractivity contribution >= 4 is 11.7 Å². The fraction of sp³-hybridized carbons (Fsp3) is 0.0702. The van der Waals surface area contributed by atoms with E-state index in [-0.39, 0.29) is 11.6 Å². The molecule has 0 saturated heterocycles. The van der Waals surface area contributed by atoms with Crippen LogP contribution in [0.3, 0.4) is 0 Å². The zero-order valence-electron chi connectivity index (χ0n) is 35.4. The number of para-hydroxylation sites is 1. The number of hydrogen-bond acceptors (Lipinski definition) is 7. The first-order valence-electron chi connectivity index (χ1n) is 21.5. The molecular weight excluding hydrogens is 785 g/mol. The first kappa shape index (κ1) is 38.6. The average Bonchev–Trinajstić information content (AvgIpc) is 3.37. The molecule has 0 aliphatic carbocycles. The Bertz CT molecular complexity index is 3220. The summed E-state index contributed by atoms with van der Waals surface area (Å²) < 4.78 is 6.48. The van der Waals surface area contributed by atoms with Gasteiger partial charge in [0.2, 0.25) is 0 Å². The molecule has 9 aromatic rings. The van der Waals surface area contributed by atoms with Crippen molar-refractivity contribution in [3.05, 3.63) is 234 Å². The first-order chi connectivity index (χ1) is 31.4. The summed E-state index contributed by atoms with van der Waals surface area (Å²) in [6.45, 7) is 4.48. The molecule has 1 atom stereocenters. The number of hydrogen-bond donors (Lipinski definition) is 1. The second kappa shape index (κ2) is 16.2. The summed E-state index contributed by atoms with van der Waals surface area (Å²) in [5.41, 5.74) is 12.3. The summed E-state index contributed by atoms with van der Waals surface area (Å²) in [5.74, 6) is 4.99. The van der Waals surface area contributed by atoms with Crippen LogP contribution >= 0.6 is 0 Å². The molecule has 11 rings (SSSR count). The third kappa shape index (κ3) is 7.43. The molecule has 3 heterocycles. The monoisotopic (exact) mass is 826 g/mol. The zero-order chi connectivity index (χ0) is 43.0. The van der Waals surface area contributed by atoms with Crippen LogP contribution in [0, 0.1) is 0 Å². The molecule has 8 aromatic carbocycles. The van der Waals surface area contributed by atoms with E-state index in [1.807, 2.05) is 78.9 Å². The Hall–Kier alpha value is -8.29. The van der Waals surface area contributed by atoms with Gasteiger partial charge in [-0.25, -0.2) is 24.9 Å². The maximum Gasteiger partial charge on any atom is 0.164 e. The minimum absolute atomic E-state index is 0.214. The van der Waals surface area contributed by atoms with Crippen LogP contribution in [0.1, 0.15) is 47.8 Å². The molecule has 1 aromatic heterocycles. The normalized spacial score (nSPS) is 14.8. The molecule has 0 amide bonds. The number of aromatic nitrogens is 3. The molecule has 2 aliphatic rings. The van der Waals surface area contributed by atoms with E-state index in [1.54, 1.807) is 0 Å². The van der Waals surface area contributed by atoms with Gasteiger partial charge in [-0.05, 0) is 46.0 Å². The van der Waals surface area contributed by atoms with Crippen LogP contribution in [-0.4, -0.2) is 26.6 Å². The van der Waals surface area contributed by atoms with Crippen LogP contribution in [0.15, 0.2) is 216 Å². The zero-order valence-corrected chi connectivity index (χ0v) is 35.4. The van der Waals surface area contributed by atoms with Crippen molar-refractivity contribution in [1.29, 1.82) is 0 Å². The molecule has 0 saturated carbocycles. The average molecular weight is 827 g/mol. The molecule has 7 nitrogen and oxygen atoms in total. The maximum atomic E-state index is 6.48. The highest BCUT2D eigenvalue weighted by molar-refractivity contribution is 6.13. The van der Waals surface area contributed by atoms with E-state index in [9.17, 15) is 0 Å². The number of nitrogens with one attached hydrogen (secondary N) is 1. The summed E-state index contributed by atoms with van der Waals surface area (Å²) in [4.78, 5) is 25.1. The van der Waals surface area contributed by atoms with Crippen LogP contribution in [-0.2, 0) is 5.41 Å². The predicted octanol–water partition coefficient (Wildman–Crippen LogP) is 13.1. The quantitative estimate of drug-likeness (QED) is 0.165. The van der Waals surface area contributed by atoms with Crippen molar-refractivity contribution in [2.75, 3.05) is 0 Å². The number of aliphatic imine (C=N–C) groups is 2. The molecule has 1 unspecified atom stereocenters. The van der Waals surface area contributed by atoms with Gasteiger partial charge in [0, 0.05) is 44.4 Å². The summed E-state index contributed by atoms with van der Waals surface area (Å²) >= 11 is 0. The van der Waals surface area contributed by atoms with Gasteiger partial charge >= 0.3 is 0 Å². The van der Waals surface area contributed by atoms with Crippen LogP contribution in [0.5, 0.6) is 11.5 Å². The van der Waals surface area contributed by atoms with E-state index in [1.165, 1.54) is 5.56 Å². The van der Waals surface area contributed by atoms with E-state index in [4.69, 9.17) is 29.7 Å². The van der Waals surface area contributed by atoms with Crippen molar-refractivity contribution in [2.24, 2.45) is 9.98 Å². The van der Waals surface area contributed by atoms with Crippen molar-refractivity contribution < 1.29 is 4.74 Å². The Labute approximate surface area is 372 Å². The number of benzene rings is 8. The number of rotatable bonds is 8. The Morgan fingerprint density at radius 3 is 1.55 bits per heavy atom. The second-order valence-corrected chi connectivity index (χ2v) is 16.6. The molecule has 7 heteroatoms. The summed E-state index contributed by atoms with van der Waals surface area (Å²) in [5, 5.41) is 3.60. The molecule has 306 valence electrons. The fourth-order valence-corrected chi connectivity index (χ4v) is 8.58. The van der Waals surface area contributed by atoms with Crippen LogP contribution in [0.4, 0.5) is 0 Å². The summed E-state index contributed by atoms with van der Waals surface area (Å²) in [6.07, 6.45) is -0.303. The molecular formula is C57H42N6O. The maximum absolute atomic E-state index is 6.48. The molecule has 0 radical (unpaired) electrons. The number of ether oxygens (including phenoxy) is 1. The summed E-state index contributed by atoms with van der Waals surface area (Å²) in [6, 6.07) is 70.7. The summed E-state index contributed by atoms with van der Waals surface area (Å²) in [7, 11) is 0. The molecule has 1 N–H and O–H groups in total. The van der Waals surface area contributed by atoms with E-state index in [0.717, 1.165) is 78.5 Å². The van der Waals surface area contributed by atoms with Gasteiger partial charge in [-0.3, -0.25) is 0 Å². The van der Waals surface area contributed by atoms with Crippen molar-refractivity contribution in [3.8, 4) is 67.9 Å². The number of fused-ring (bicyclic) bond motifs is 2. The smallest absolute Gasteiger partial charge is 0.164 e. The topological polar surface area (TPSA) is 84.7 Å². The minimum atomic E-state index is -0.303. The molecule has 0 spiro atoms. The van der Waals surface area contributed by atoms with Gasteiger partial charge in [0.15, 0.2) is 23.3 Å². The van der Waals surface area contributed by atoms with Gasteiger partial charge < -0.3 is 10.1 Å². The highest BCUT2D eigenvalue weighted by Gasteiger charge is 2.34. The third-order valence-corrected chi connectivity index (χ3v) is 12.1. The van der Waals surface area contributed by atoms with Crippen LogP contribution < -0.4 is 10.1 Å². The highest BCUT2D eigenvalue weighted by atomic mass is 16.5. The van der Waals surface area contributed by atoms with Gasteiger partial charge in [0.1, 0.15) is 23.5 Å². The third-order valence-electron chi connectivity index (χ3n) is 12.1. The van der Waals surface area contributed by atoms with E-state index >= 15 is 0 Å². The Balaban J connectivity index is 0.868. The Kier molecular flexibility index (Phi) is 9.77. The van der Waals surface area contributed by atoms with Crippen LogP contribution in [0.25, 0.3) is 56.4 Å². The van der Waals surface area contributed by atoms with Gasteiger partial charge in [-0.15, -0.1) is 0 Å². The minimum Gasteiger partial charge on any atom is -0.457 e. The van der Waals surface area contributed by atoms with Gasteiger partial charge in [-0.2, -0.15) is 0 Å². The lowest BCUT2D eigenvalue weighted by Gasteiger charge is -2.34. The van der Waals surface area contributed by atoms with Crippen molar-refractivity contribution in [2.45, 2.75) is 25.4 Å². The van der Waals surface area contributed by atoms with Gasteiger partial charge in [0.05, 0.1) is 0 Å². The lowest BCUT2D eigenvalue weighted by molar-refractivity contribution is 0.418. The van der Waals surface area contributed by atoms with Gasteiger partial charge in [-0.1, -0.05) is 202 Å². The second-order valence-electron chi connectivity index (χ2n) is 16.6. The van der Waals surface area contributed by atoms with E-state index in [2.05, 4.69) is 147 Å². The first-order valence-corrected chi connectivity index (χ1v) is 21.5. The van der Waals surface area contributed by atoms with Crippen molar-refractivity contribution in [1.82, 2.24) is 20.3 Å². The van der Waals surface area contributed by atoms with Crippen LogP contribution in [0.2, 0.25) is 0 Å². The van der Waals surface area contributed by atoms with Crippen molar-refractivity contribution in [3.63, 3.8) is 0 Å². The Morgan fingerprint density at radius 1 is 0.406 bits per heavy atom. The van der Waals surface area contributed by atoms with E-state index < -0.39 is 0 Å². The lowest BCUT2D eigenvalue weighted by atomic mass is 9.75. The fourth-order valence-electron chi connectivity index (χ4n) is 8.58.